The minimum atomic E-state index is 0.458. The number of ether oxygens (including phenoxy) is 1. The highest BCUT2D eigenvalue weighted by Gasteiger charge is 2.12. The maximum Gasteiger partial charge on any atom is 0.142 e. The van der Waals surface area contributed by atoms with Crippen LogP contribution in [-0.4, -0.2) is 21.8 Å². The van der Waals surface area contributed by atoms with E-state index >= 15 is 0 Å². The summed E-state index contributed by atoms with van der Waals surface area (Å²) >= 11 is 3.54. The number of pyridine rings is 1. The van der Waals surface area contributed by atoms with Crippen LogP contribution < -0.4 is 10.1 Å². The molecule has 0 unspecified atom stereocenters. The number of hydrogen-bond donors (Lipinski definition) is 1. The predicted molar refractivity (Wildman–Crippen MR) is 81.7 cm³/mol. The fourth-order valence-electron chi connectivity index (χ4n) is 2.01. The van der Waals surface area contributed by atoms with Crippen molar-refractivity contribution < 1.29 is 4.74 Å². The van der Waals surface area contributed by atoms with Gasteiger partial charge >= 0.3 is 0 Å². The summed E-state index contributed by atoms with van der Waals surface area (Å²) in [5.41, 5.74) is 3.88. The van der Waals surface area contributed by atoms with Crippen molar-refractivity contribution in [3.63, 3.8) is 0 Å². The van der Waals surface area contributed by atoms with Gasteiger partial charge in [-0.1, -0.05) is 0 Å². The number of nitrogens with zero attached hydrogens (tertiary/aromatic N) is 3. The summed E-state index contributed by atoms with van der Waals surface area (Å²) in [6.45, 7) is 5.08. The van der Waals surface area contributed by atoms with E-state index < -0.39 is 0 Å². The second kappa shape index (κ2) is 6.37. The molecule has 0 aliphatic rings. The van der Waals surface area contributed by atoms with Crippen LogP contribution in [0.1, 0.15) is 22.8 Å². The second-order valence-corrected chi connectivity index (χ2v) is 5.48. The minimum Gasteiger partial charge on any atom is -0.485 e. The van der Waals surface area contributed by atoms with Gasteiger partial charge in [0.1, 0.15) is 12.4 Å². The van der Waals surface area contributed by atoms with Gasteiger partial charge in [0, 0.05) is 19.3 Å². The van der Waals surface area contributed by atoms with Gasteiger partial charge in [0.05, 0.1) is 21.6 Å². The molecule has 20 heavy (non-hydrogen) atoms. The maximum atomic E-state index is 5.91. The van der Waals surface area contributed by atoms with Crippen LogP contribution in [0.2, 0.25) is 0 Å². The first kappa shape index (κ1) is 15.0. The van der Waals surface area contributed by atoms with Crippen molar-refractivity contribution in [2.24, 2.45) is 7.05 Å². The summed E-state index contributed by atoms with van der Waals surface area (Å²) < 4.78 is 8.74. The van der Waals surface area contributed by atoms with Crippen molar-refractivity contribution in [1.82, 2.24) is 20.1 Å². The number of nitrogens with one attached hydrogen (secondary N) is 1. The van der Waals surface area contributed by atoms with Crippen LogP contribution in [0.15, 0.2) is 16.6 Å². The second-order valence-electron chi connectivity index (χ2n) is 4.69. The first-order valence-corrected chi connectivity index (χ1v) is 7.24. The lowest BCUT2D eigenvalue weighted by Gasteiger charge is -2.11. The Kier molecular flexibility index (Phi) is 4.77. The quantitative estimate of drug-likeness (QED) is 0.909. The number of rotatable bonds is 5. The summed E-state index contributed by atoms with van der Waals surface area (Å²) in [5.74, 6) is 0.802. The van der Waals surface area contributed by atoms with Crippen LogP contribution in [0, 0.1) is 13.8 Å². The highest BCUT2D eigenvalue weighted by atomic mass is 79.9. The van der Waals surface area contributed by atoms with Crippen LogP contribution in [-0.2, 0) is 20.2 Å². The van der Waals surface area contributed by atoms with E-state index in [4.69, 9.17) is 4.74 Å². The third-order valence-electron chi connectivity index (χ3n) is 3.04. The lowest BCUT2D eigenvalue weighted by Crippen LogP contribution is -2.11. The Morgan fingerprint density at radius 2 is 2.10 bits per heavy atom. The Morgan fingerprint density at radius 1 is 1.35 bits per heavy atom. The summed E-state index contributed by atoms with van der Waals surface area (Å²) in [4.78, 5) is 4.50. The summed E-state index contributed by atoms with van der Waals surface area (Å²) in [6, 6.07) is 3.92. The Hall–Kier alpha value is -1.40. The summed E-state index contributed by atoms with van der Waals surface area (Å²) in [7, 11) is 3.81. The van der Waals surface area contributed by atoms with E-state index in [0.717, 1.165) is 33.0 Å². The smallest absolute Gasteiger partial charge is 0.142 e. The van der Waals surface area contributed by atoms with E-state index in [1.165, 1.54) is 0 Å². The van der Waals surface area contributed by atoms with Crippen molar-refractivity contribution in [3.8, 4) is 5.75 Å². The van der Waals surface area contributed by atoms with Gasteiger partial charge in [0.25, 0.3) is 0 Å². The van der Waals surface area contributed by atoms with Crippen molar-refractivity contribution in [2.45, 2.75) is 27.0 Å². The van der Waals surface area contributed by atoms with Crippen LogP contribution >= 0.6 is 15.9 Å². The summed E-state index contributed by atoms with van der Waals surface area (Å²) in [6.07, 6.45) is 0. The Labute approximate surface area is 127 Å². The number of aryl methyl sites for hydroxylation is 3. The topological polar surface area (TPSA) is 52.0 Å². The average Bonchev–Trinajstić information content (AvgIpc) is 2.64. The van der Waals surface area contributed by atoms with Gasteiger partial charge in [-0.25, -0.2) is 0 Å². The minimum absolute atomic E-state index is 0.458. The van der Waals surface area contributed by atoms with E-state index in [2.05, 4.69) is 31.3 Å². The van der Waals surface area contributed by atoms with Crippen LogP contribution in [0.4, 0.5) is 0 Å². The third kappa shape index (κ3) is 3.19. The summed E-state index contributed by atoms with van der Waals surface area (Å²) in [5, 5.41) is 7.46. The molecule has 1 N–H and O–H groups in total. The fraction of sp³-hybridized carbons (Fsp3) is 0.429. The fourth-order valence-corrected chi connectivity index (χ4v) is 2.46. The van der Waals surface area contributed by atoms with E-state index in [0.29, 0.717) is 13.2 Å². The SMILES string of the molecule is CNCc1nc(C)ccc1OCc1c(Br)c(C)nn1C. The Bertz CT molecular complexity index is 609. The molecule has 0 bridgehead atoms. The predicted octanol–water partition coefficient (Wildman–Crippen LogP) is 2.49. The van der Waals surface area contributed by atoms with Crippen molar-refractivity contribution in [3.05, 3.63) is 39.4 Å². The molecule has 0 fully saturated rings. The molecule has 2 rings (SSSR count). The van der Waals surface area contributed by atoms with Crippen LogP contribution in [0.5, 0.6) is 5.75 Å². The van der Waals surface area contributed by atoms with Gasteiger partial charge in [-0.3, -0.25) is 9.67 Å². The molecular weight excluding hydrogens is 320 g/mol. The maximum absolute atomic E-state index is 5.91. The number of aromatic nitrogens is 3. The normalized spacial score (nSPS) is 10.8. The molecule has 0 saturated carbocycles. The van der Waals surface area contributed by atoms with E-state index in [1.54, 1.807) is 0 Å². The van der Waals surface area contributed by atoms with Crippen LogP contribution in [0.3, 0.4) is 0 Å². The monoisotopic (exact) mass is 338 g/mol. The first-order chi connectivity index (χ1) is 9.52. The molecule has 0 aliphatic carbocycles. The van der Waals surface area contributed by atoms with Gasteiger partial charge in [-0.05, 0) is 49.0 Å². The largest absolute Gasteiger partial charge is 0.485 e. The van der Waals surface area contributed by atoms with Crippen LogP contribution in [0.25, 0.3) is 0 Å². The molecule has 0 amide bonds. The molecule has 0 spiro atoms. The molecule has 2 aromatic rings. The number of halogens is 1. The molecule has 6 heteroatoms. The first-order valence-electron chi connectivity index (χ1n) is 6.44. The molecule has 108 valence electrons. The lowest BCUT2D eigenvalue weighted by molar-refractivity contribution is 0.288. The van der Waals surface area contributed by atoms with E-state index in [9.17, 15) is 0 Å². The molecule has 0 radical (unpaired) electrons. The van der Waals surface area contributed by atoms with Gasteiger partial charge in [0.15, 0.2) is 0 Å². The van der Waals surface area contributed by atoms with Crippen molar-refractivity contribution in [1.29, 1.82) is 0 Å². The van der Waals surface area contributed by atoms with Gasteiger partial charge < -0.3 is 10.1 Å². The van der Waals surface area contributed by atoms with Gasteiger partial charge in [0.2, 0.25) is 0 Å². The molecular formula is C14H19BrN4O. The van der Waals surface area contributed by atoms with Gasteiger partial charge in [-0.15, -0.1) is 0 Å². The molecule has 2 heterocycles. The highest BCUT2D eigenvalue weighted by Crippen LogP contribution is 2.23. The van der Waals surface area contributed by atoms with Crippen molar-refractivity contribution in [2.75, 3.05) is 7.05 Å². The average molecular weight is 339 g/mol. The Balaban J connectivity index is 2.18. The zero-order valence-electron chi connectivity index (χ0n) is 12.2. The van der Waals surface area contributed by atoms with Crippen molar-refractivity contribution >= 4 is 15.9 Å². The zero-order valence-corrected chi connectivity index (χ0v) is 13.8. The van der Waals surface area contributed by atoms with E-state index in [1.807, 2.05) is 44.8 Å². The molecule has 0 aliphatic heterocycles. The Morgan fingerprint density at radius 3 is 2.70 bits per heavy atom. The highest BCUT2D eigenvalue weighted by molar-refractivity contribution is 9.10. The third-order valence-corrected chi connectivity index (χ3v) is 4.07. The zero-order chi connectivity index (χ0) is 14.7. The molecule has 0 saturated heterocycles. The number of hydrogen-bond acceptors (Lipinski definition) is 4. The molecule has 0 atom stereocenters. The molecule has 5 nitrogen and oxygen atoms in total. The van der Waals surface area contributed by atoms with Gasteiger partial charge in [-0.2, -0.15) is 5.10 Å². The molecule has 2 aromatic heterocycles. The lowest BCUT2D eigenvalue weighted by atomic mass is 10.3. The molecule has 0 aromatic carbocycles. The van der Waals surface area contributed by atoms with E-state index in [-0.39, 0.29) is 0 Å². The standard InChI is InChI=1S/C14H19BrN4O/c1-9-5-6-13(11(17-9)7-16-3)20-8-12-14(15)10(2)18-19(12)4/h5-6,16H,7-8H2,1-4H3.